The minimum atomic E-state index is -1.22. The Kier molecular flexibility index (Phi) is 4.47. The number of aliphatic carboxylic acids is 1. The number of benzene rings is 1. The fourth-order valence-corrected chi connectivity index (χ4v) is 1.28. The predicted molar refractivity (Wildman–Crippen MR) is 58.7 cm³/mol. The van der Waals surface area contributed by atoms with Crippen molar-refractivity contribution in [1.29, 1.82) is 0 Å². The molecular formula is C11H13NO5. The number of carbonyl (C=O) groups is 2. The molecule has 0 radical (unpaired) electrons. The maximum Gasteiger partial charge on any atom is 0.326 e. The number of rotatable bonds is 5. The zero-order chi connectivity index (χ0) is 12.8. The number of hydrogen-bond acceptors (Lipinski definition) is 4. The molecule has 0 saturated heterocycles. The van der Waals surface area contributed by atoms with E-state index < -0.39 is 17.9 Å². The highest BCUT2D eigenvalue weighted by Gasteiger charge is 2.19. The quantitative estimate of drug-likeness (QED) is 0.576. The predicted octanol–water partition coefficient (Wildman–Crippen LogP) is -0.0424. The summed E-state index contributed by atoms with van der Waals surface area (Å²) in [4.78, 5) is 22.4. The second kappa shape index (κ2) is 5.86. The van der Waals surface area contributed by atoms with Crippen LogP contribution in [0.1, 0.15) is 16.8 Å². The zero-order valence-electron chi connectivity index (χ0n) is 8.96. The Bertz CT molecular complexity index is 418. The number of aromatic hydroxyl groups is 1. The van der Waals surface area contributed by atoms with Crippen LogP contribution in [0.5, 0.6) is 5.75 Å². The lowest BCUT2D eigenvalue weighted by Crippen LogP contribution is -2.41. The van der Waals surface area contributed by atoms with Gasteiger partial charge in [-0.3, -0.25) is 4.79 Å². The van der Waals surface area contributed by atoms with Crippen LogP contribution in [0.2, 0.25) is 0 Å². The van der Waals surface area contributed by atoms with Crippen LogP contribution in [0.15, 0.2) is 24.3 Å². The van der Waals surface area contributed by atoms with E-state index in [-0.39, 0.29) is 24.3 Å². The summed E-state index contributed by atoms with van der Waals surface area (Å²) in [5.41, 5.74) is 0.161. The van der Waals surface area contributed by atoms with E-state index in [0.29, 0.717) is 0 Å². The highest BCUT2D eigenvalue weighted by molar-refractivity contribution is 5.96. The van der Waals surface area contributed by atoms with Crippen LogP contribution in [0.3, 0.4) is 0 Å². The first-order chi connectivity index (χ1) is 8.04. The average Bonchev–Trinajstić information content (AvgIpc) is 2.28. The molecular weight excluding hydrogens is 226 g/mol. The average molecular weight is 239 g/mol. The molecule has 0 aliphatic carbocycles. The highest BCUT2D eigenvalue weighted by atomic mass is 16.4. The SMILES string of the molecule is O=C(N[C@H](CCO)C(=O)O)c1cccc(O)c1. The molecule has 0 aromatic heterocycles. The van der Waals surface area contributed by atoms with Gasteiger partial charge in [-0.2, -0.15) is 0 Å². The summed E-state index contributed by atoms with van der Waals surface area (Å²) in [6.45, 7) is -0.336. The second-order valence-corrected chi connectivity index (χ2v) is 3.43. The molecule has 0 fully saturated rings. The minimum Gasteiger partial charge on any atom is -0.508 e. The normalized spacial score (nSPS) is 11.8. The van der Waals surface area contributed by atoms with E-state index in [9.17, 15) is 14.7 Å². The summed E-state index contributed by atoms with van der Waals surface area (Å²) >= 11 is 0. The lowest BCUT2D eigenvalue weighted by atomic mass is 10.1. The van der Waals surface area contributed by atoms with Crippen molar-refractivity contribution in [3.05, 3.63) is 29.8 Å². The summed E-state index contributed by atoms with van der Waals surface area (Å²) in [5, 5.41) is 28.9. The Morgan fingerprint density at radius 3 is 2.59 bits per heavy atom. The van der Waals surface area contributed by atoms with E-state index >= 15 is 0 Å². The molecule has 6 nitrogen and oxygen atoms in total. The number of carbonyl (C=O) groups excluding carboxylic acids is 1. The molecule has 0 heterocycles. The van der Waals surface area contributed by atoms with Gasteiger partial charge in [0.2, 0.25) is 0 Å². The van der Waals surface area contributed by atoms with Gasteiger partial charge in [-0.05, 0) is 18.2 Å². The van der Waals surface area contributed by atoms with E-state index in [1.807, 2.05) is 0 Å². The van der Waals surface area contributed by atoms with Crippen molar-refractivity contribution < 1.29 is 24.9 Å². The van der Waals surface area contributed by atoms with Gasteiger partial charge in [-0.25, -0.2) is 4.79 Å². The van der Waals surface area contributed by atoms with Gasteiger partial charge in [0.25, 0.3) is 5.91 Å². The van der Waals surface area contributed by atoms with Gasteiger partial charge in [0.15, 0.2) is 0 Å². The Morgan fingerprint density at radius 1 is 1.35 bits per heavy atom. The first-order valence-corrected chi connectivity index (χ1v) is 4.98. The Morgan fingerprint density at radius 2 is 2.06 bits per heavy atom. The molecule has 0 aliphatic rings. The largest absolute Gasteiger partial charge is 0.508 e. The van der Waals surface area contributed by atoms with Crippen molar-refractivity contribution >= 4 is 11.9 Å². The van der Waals surface area contributed by atoms with E-state index in [1.165, 1.54) is 24.3 Å². The van der Waals surface area contributed by atoms with Crippen molar-refractivity contribution in [2.75, 3.05) is 6.61 Å². The molecule has 4 N–H and O–H groups in total. The molecule has 0 aliphatic heterocycles. The fourth-order valence-electron chi connectivity index (χ4n) is 1.28. The van der Waals surface area contributed by atoms with E-state index in [2.05, 4.69) is 5.32 Å². The monoisotopic (exact) mass is 239 g/mol. The number of aliphatic hydroxyl groups is 1. The summed E-state index contributed by atoms with van der Waals surface area (Å²) in [6.07, 6.45) is -0.0696. The number of carboxylic acid groups (broad SMARTS) is 1. The van der Waals surface area contributed by atoms with Gasteiger partial charge in [0, 0.05) is 18.6 Å². The molecule has 0 saturated carbocycles. The van der Waals surface area contributed by atoms with Gasteiger partial charge in [-0.1, -0.05) is 6.07 Å². The summed E-state index contributed by atoms with van der Waals surface area (Å²) in [6, 6.07) is 4.42. The number of phenolic OH excluding ortho intramolecular Hbond substituents is 1. The second-order valence-electron chi connectivity index (χ2n) is 3.43. The smallest absolute Gasteiger partial charge is 0.326 e. The molecule has 1 aromatic carbocycles. The number of phenols is 1. The summed E-state index contributed by atoms with van der Waals surface area (Å²) in [5.74, 6) is -1.90. The van der Waals surface area contributed by atoms with E-state index in [1.54, 1.807) is 0 Å². The molecule has 6 heteroatoms. The summed E-state index contributed by atoms with van der Waals surface area (Å²) < 4.78 is 0. The van der Waals surface area contributed by atoms with Crippen LogP contribution in [-0.2, 0) is 4.79 Å². The molecule has 0 unspecified atom stereocenters. The van der Waals surface area contributed by atoms with Crippen LogP contribution in [-0.4, -0.2) is 39.8 Å². The Balaban J connectivity index is 2.73. The first kappa shape index (κ1) is 13.0. The van der Waals surface area contributed by atoms with Crippen molar-refractivity contribution in [2.24, 2.45) is 0 Å². The third kappa shape index (κ3) is 3.76. The van der Waals surface area contributed by atoms with Crippen LogP contribution in [0.4, 0.5) is 0 Å². The molecule has 1 aromatic rings. The lowest BCUT2D eigenvalue weighted by molar-refractivity contribution is -0.139. The number of nitrogens with one attached hydrogen (secondary N) is 1. The molecule has 1 amide bonds. The number of hydrogen-bond donors (Lipinski definition) is 4. The topological polar surface area (TPSA) is 107 Å². The van der Waals surface area contributed by atoms with Crippen molar-refractivity contribution in [2.45, 2.75) is 12.5 Å². The fraction of sp³-hybridized carbons (Fsp3) is 0.273. The standard InChI is InChI=1S/C11H13NO5/c13-5-4-9(11(16)17)12-10(15)7-2-1-3-8(14)6-7/h1-3,6,9,13-14H,4-5H2,(H,12,15)(H,16,17)/t9-/m1/s1. The van der Waals surface area contributed by atoms with Crippen LogP contribution in [0, 0.1) is 0 Å². The number of carboxylic acids is 1. The third-order valence-corrected chi connectivity index (χ3v) is 2.13. The molecule has 1 atom stereocenters. The Labute approximate surface area is 97.5 Å². The first-order valence-electron chi connectivity index (χ1n) is 4.98. The van der Waals surface area contributed by atoms with E-state index in [0.717, 1.165) is 0 Å². The maximum atomic E-state index is 11.6. The van der Waals surface area contributed by atoms with Crippen LogP contribution >= 0.6 is 0 Å². The van der Waals surface area contributed by atoms with Crippen molar-refractivity contribution in [3.63, 3.8) is 0 Å². The lowest BCUT2D eigenvalue weighted by Gasteiger charge is -2.13. The van der Waals surface area contributed by atoms with Gasteiger partial charge in [0.1, 0.15) is 11.8 Å². The Hall–Kier alpha value is -2.08. The van der Waals surface area contributed by atoms with Crippen LogP contribution < -0.4 is 5.32 Å². The third-order valence-electron chi connectivity index (χ3n) is 2.13. The minimum absolute atomic E-state index is 0.0696. The van der Waals surface area contributed by atoms with Gasteiger partial charge < -0.3 is 20.6 Å². The van der Waals surface area contributed by atoms with Crippen molar-refractivity contribution in [3.8, 4) is 5.75 Å². The van der Waals surface area contributed by atoms with E-state index in [4.69, 9.17) is 10.2 Å². The molecule has 1 rings (SSSR count). The van der Waals surface area contributed by atoms with Gasteiger partial charge >= 0.3 is 5.97 Å². The molecule has 17 heavy (non-hydrogen) atoms. The summed E-state index contributed by atoms with van der Waals surface area (Å²) in [7, 11) is 0. The maximum absolute atomic E-state index is 11.6. The zero-order valence-corrected chi connectivity index (χ0v) is 8.96. The van der Waals surface area contributed by atoms with Crippen LogP contribution in [0.25, 0.3) is 0 Å². The molecule has 0 bridgehead atoms. The molecule has 0 spiro atoms. The molecule has 92 valence electrons. The van der Waals surface area contributed by atoms with Gasteiger partial charge in [0.05, 0.1) is 0 Å². The number of amides is 1. The number of aliphatic hydroxyl groups excluding tert-OH is 1. The van der Waals surface area contributed by atoms with Gasteiger partial charge in [-0.15, -0.1) is 0 Å². The van der Waals surface area contributed by atoms with Crippen molar-refractivity contribution in [1.82, 2.24) is 5.32 Å². The highest BCUT2D eigenvalue weighted by Crippen LogP contribution is 2.11.